The SMILES string of the molecule is CC(C)C(C)N(C)CC1(CS)CCOCC1. The van der Waals surface area contributed by atoms with Crippen molar-refractivity contribution < 1.29 is 4.74 Å². The van der Waals surface area contributed by atoms with Crippen LogP contribution in [0.2, 0.25) is 0 Å². The van der Waals surface area contributed by atoms with Crippen molar-refractivity contribution in [2.75, 3.05) is 32.6 Å². The zero-order valence-corrected chi connectivity index (χ0v) is 12.1. The molecule has 0 N–H and O–H groups in total. The van der Waals surface area contributed by atoms with Gasteiger partial charge in [0.15, 0.2) is 0 Å². The molecule has 2 nitrogen and oxygen atoms in total. The molecule has 1 heterocycles. The highest BCUT2D eigenvalue weighted by atomic mass is 32.1. The lowest BCUT2D eigenvalue weighted by Crippen LogP contribution is -2.45. The Morgan fingerprint density at radius 3 is 2.25 bits per heavy atom. The molecule has 1 aliphatic heterocycles. The predicted molar refractivity (Wildman–Crippen MR) is 73.3 cm³/mol. The van der Waals surface area contributed by atoms with Crippen LogP contribution in [0.15, 0.2) is 0 Å². The molecule has 96 valence electrons. The first-order chi connectivity index (χ1) is 7.51. The molecule has 0 aliphatic carbocycles. The van der Waals surface area contributed by atoms with Gasteiger partial charge >= 0.3 is 0 Å². The number of hydrogen-bond donors (Lipinski definition) is 1. The molecular weight excluding hydrogens is 218 g/mol. The fourth-order valence-electron chi connectivity index (χ4n) is 2.35. The van der Waals surface area contributed by atoms with E-state index in [1.54, 1.807) is 0 Å². The Morgan fingerprint density at radius 2 is 1.81 bits per heavy atom. The third kappa shape index (κ3) is 3.64. The summed E-state index contributed by atoms with van der Waals surface area (Å²) in [7, 11) is 2.24. The van der Waals surface area contributed by atoms with Crippen LogP contribution in [0, 0.1) is 11.3 Å². The summed E-state index contributed by atoms with van der Waals surface area (Å²) >= 11 is 4.56. The first kappa shape index (κ1) is 14.3. The van der Waals surface area contributed by atoms with Crippen molar-refractivity contribution in [2.45, 2.75) is 39.7 Å². The van der Waals surface area contributed by atoms with Crippen LogP contribution in [0.4, 0.5) is 0 Å². The predicted octanol–water partition coefficient (Wildman–Crippen LogP) is 2.69. The highest BCUT2D eigenvalue weighted by molar-refractivity contribution is 7.80. The molecule has 0 aromatic heterocycles. The van der Waals surface area contributed by atoms with Gasteiger partial charge in [0.1, 0.15) is 0 Å². The Labute approximate surface area is 106 Å². The van der Waals surface area contributed by atoms with E-state index in [4.69, 9.17) is 4.74 Å². The van der Waals surface area contributed by atoms with Gasteiger partial charge in [-0.05, 0) is 43.9 Å². The van der Waals surface area contributed by atoms with Crippen molar-refractivity contribution in [3.8, 4) is 0 Å². The Bertz CT molecular complexity index is 202. The molecule has 0 spiro atoms. The van der Waals surface area contributed by atoms with Crippen LogP contribution in [0.25, 0.3) is 0 Å². The van der Waals surface area contributed by atoms with Gasteiger partial charge < -0.3 is 9.64 Å². The third-order valence-electron chi connectivity index (χ3n) is 4.13. The molecule has 1 rings (SSSR count). The summed E-state index contributed by atoms with van der Waals surface area (Å²) in [5.74, 6) is 1.69. The monoisotopic (exact) mass is 245 g/mol. The van der Waals surface area contributed by atoms with E-state index in [9.17, 15) is 0 Å². The van der Waals surface area contributed by atoms with Gasteiger partial charge in [-0.15, -0.1) is 0 Å². The van der Waals surface area contributed by atoms with E-state index in [1.165, 1.54) is 0 Å². The Morgan fingerprint density at radius 1 is 1.25 bits per heavy atom. The van der Waals surface area contributed by atoms with Crippen molar-refractivity contribution in [1.29, 1.82) is 0 Å². The van der Waals surface area contributed by atoms with Crippen molar-refractivity contribution in [3.05, 3.63) is 0 Å². The Balaban J connectivity index is 2.54. The average molecular weight is 245 g/mol. The van der Waals surface area contributed by atoms with Crippen LogP contribution >= 0.6 is 12.6 Å². The number of thiol groups is 1. The van der Waals surface area contributed by atoms with Gasteiger partial charge in [0, 0.05) is 25.8 Å². The van der Waals surface area contributed by atoms with Crippen molar-refractivity contribution in [3.63, 3.8) is 0 Å². The first-order valence-corrected chi connectivity index (χ1v) is 7.03. The summed E-state index contributed by atoms with van der Waals surface area (Å²) in [6.07, 6.45) is 2.32. The largest absolute Gasteiger partial charge is 0.381 e. The summed E-state index contributed by atoms with van der Waals surface area (Å²) in [4.78, 5) is 2.49. The van der Waals surface area contributed by atoms with Crippen LogP contribution in [0.5, 0.6) is 0 Å². The summed E-state index contributed by atoms with van der Waals surface area (Å²) in [6.45, 7) is 9.86. The molecule has 0 aromatic rings. The Hall–Kier alpha value is 0.270. The second-order valence-electron chi connectivity index (χ2n) is 5.67. The minimum Gasteiger partial charge on any atom is -0.381 e. The summed E-state index contributed by atoms with van der Waals surface area (Å²) in [6, 6.07) is 0.639. The van der Waals surface area contributed by atoms with Gasteiger partial charge in [-0.3, -0.25) is 0 Å². The maximum atomic E-state index is 5.46. The zero-order chi connectivity index (χ0) is 12.2. The van der Waals surface area contributed by atoms with Crippen LogP contribution in [0.3, 0.4) is 0 Å². The van der Waals surface area contributed by atoms with Gasteiger partial charge in [-0.1, -0.05) is 13.8 Å². The van der Waals surface area contributed by atoms with E-state index >= 15 is 0 Å². The second-order valence-corrected chi connectivity index (χ2v) is 5.99. The molecule has 0 aromatic carbocycles. The standard InChI is InChI=1S/C13H27NOS/c1-11(2)12(3)14(4)9-13(10-16)5-7-15-8-6-13/h11-12,16H,5-10H2,1-4H3. The molecule has 1 unspecified atom stereocenters. The lowest BCUT2D eigenvalue weighted by molar-refractivity contribution is 0.00345. The van der Waals surface area contributed by atoms with Gasteiger partial charge in [0.2, 0.25) is 0 Å². The fourth-order valence-corrected chi connectivity index (χ4v) is 2.77. The summed E-state index contributed by atoms with van der Waals surface area (Å²) < 4.78 is 5.46. The quantitative estimate of drug-likeness (QED) is 0.748. The molecule has 3 heteroatoms. The van der Waals surface area contributed by atoms with Gasteiger partial charge in [0.05, 0.1) is 0 Å². The number of rotatable bonds is 5. The molecule has 0 saturated carbocycles. The Kier molecular flexibility index (Phi) is 5.62. The van der Waals surface area contributed by atoms with Gasteiger partial charge in [-0.25, -0.2) is 0 Å². The van der Waals surface area contributed by atoms with Crippen molar-refractivity contribution >= 4 is 12.6 Å². The molecule has 0 amide bonds. The lowest BCUT2D eigenvalue weighted by atomic mass is 9.81. The molecule has 1 fully saturated rings. The van der Waals surface area contributed by atoms with Crippen molar-refractivity contribution in [2.24, 2.45) is 11.3 Å². The topological polar surface area (TPSA) is 12.5 Å². The average Bonchev–Trinajstić information content (AvgIpc) is 2.29. The number of ether oxygens (including phenoxy) is 1. The minimum atomic E-state index is 0.374. The number of nitrogens with zero attached hydrogens (tertiary/aromatic N) is 1. The normalized spacial score (nSPS) is 22.7. The van der Waals surface area contributed by atoms with Crippen LogP contribution < -0.4 is 0 Å². The van der Waals surface area contributed by atoms with Gasteiger partial charge in [-0.2, -0.15) is 12.6 Å². The first-order valence-electron chi connectivity index (χ1n) is 6.39. The van der Waals surface area contributed by atoms with Crippen LogP contribution in [-0.4, -0.2) is 43.5 Å². The maximum Gasteiger partial charge on any atom is 0.0472 e. The maximum absolute atomic E-state index is 5.46. The van der Waals surface area contributed by atoms with Gasteiger partial charge in [0.25, 0.3) is 0 Å². The van der Waals surface area contributed by atoms with Crippen molar-refractivity contribution in [1.82, 2.24) is 4.90 Å². The molecule has 16 heavy (non-hydrogen) atoms. The molecule has 1 saturated heterocycles. The summed E-state index contributed by atoms with van der Waals surface area (Å²) in [5, 5.41) is 0. The zero-order valence-electron chi connectivity index (χ0n) is 11.2. The minimum absolute atomic E-state index is 0.374. The smallest absolute Gasteiger partial charge is 0.0472 e. The molecule has 0 radical (unpaired) electrons. The second kappa shape index (κ2) is 6.27. The molecular formula is C13H27NOS. The molecule has 1 atom stereocenters. The fraction of sp³-hybridized carbons (Fsp3) is 1.00. The van der Waals surface area contributed by atoms with E-state index in [-0.39, 0.29) is 0 Å². The summed E-state index contributed by atoms with van der Waals surface area (Å²) in [5.41, 5.74) is 0.374. The van der Waals surface area contributed by atoms with E-state index in [0.717, 1.165) is 38.4 Å². The molecule has 0 bridgehead atoms. The molecule has 1 aliphatic rings. The van der Waals surface area contributed by atoms with Crippen LogP contribution in [0.1, 0.15) is 33.6 Å². The van der Waals surface area contributed by atoms with E-state index in [0.29, 0.717) is 17.4 Å². The highest BCUT2D eigenvalue weighted by Crippen LogP contribution is 2.33. The third-order valence-corrected chi connectivity index (χ3v) is 4.80. The van der Waals surface area contributed by atoms with E-state index in [2.05, 4.69) is 45.3 Å². The van der Waals surface area contributed by atoms with E-state index in [1.807, 2.05) is 0 Å². The number of hydrogen-bond acceptors (Lipinski definition) is 3. The lowest BCUT2D eigenvalue weighted by Gasteiger charge is -2.41. The van der Waals surface area contributed by atoms with Crippen LogP contribution in [-0.2, 0) is 4.74 Å². The van der Waals surface area contributed by atoms with E-state index < -0.39 is 0 Å². The highest BCUT2D eigenvalue weighted by Gasteiger charge is 2.33.